The van der Waals surface area contributed by atoms with Gasteiger partial charge in [-0.3, -0.25) is 4.99 Å². The number of hydrogen-bond donors (Lipinski definition) is 2. The molecule has 2 aliphatic rings. The van der Waals surface area contributed by atoms with E-state index in [1.807, 2.05) is 6.92 Å². The molecule has 2 rings (SSSR count). The number of nitrogens with zero attached hydrogens (tertiary/aromatic N) is 1. The summed E-state index contributed by atoms with van der Waals surface area (Å²) in [7, 11) is 0. The second kappa shape index (κ2) is 9.33. The van der Waals surface area contributed by atoms with Crippen LogP contribution in [-0.4, -0.2) is 50.8 Å². The van der Waals surface area contributed by atoms with Gasteiger partial charge in [0.2, 0.25) is 0 Å². The van der Waals surface area contributed by atoms with E-state index >= 15 is 0 Å². The Balaban J connectivity index is 1.65. The highest BCUT2D eigenvalue weighted by Gasteiger charge is 2.41. The van der Waals surface area contributed by atoms with Gasteiger partial charge in [-0.2, -0.15) is 0 Å². The monoisotopic (exact) mass is 313 g/mol. The first-order chi connectivity index (χ1) is 10.7. The van der Waals surface area contributed by atoms with Crippen molar-refractivity contribution in [3.63, 3.8) is 0 Å². The second-order valence-electron chi connectivity index (χ2n) is 6.08. The van der Waals surface area contributed by atoms with Crippen molar-refractivity contribution in [2.45, 2.75) is 63.8 Å². The molecule has 1 spiro atoms. The first kappa shape index (κ1) is 17.5. The average molecular weight is 313 g/mol. The Labute approximate surface area is 133 Å². The molecule has 6 nitrogen and oxygen atoms in total. The molecule has 0 aromatic heterocycles. The van der Waals surface area contributed by atoms with E-state index in [4.69, 9.17) is 19.9 Å². The van der Waals surface area contributed by atoms with Gasteiger partial charge in [-0.05, 0) is 26.2 Å². The Morgan fingerprint density at radius 2 is 2.09 bits per heavy atom. The topological polar surface area (TPSA) is 78.1 Å². The van der Waals surface area contributed by atoms with Crippen molar-refractivity contribution in [1.29, 1.82) is 0 Å². The van der Waals surface area contributed by atoms with Crippen LogP contribution >= 0.6 is 0 Å². The molecule has 1 heterocycles. The van der Waals surface area contributed by atoms with Gasteiger partial charge in [0.05, 0.1) is 13.2 Å². The van der Waals surface area contributed by atoms with E-state index in [9.17, 15) is 0 Å². The summed E-state index contributed by atoms with van der Waals surface area (Å²) in [4.78, 5) is 4.36. The predicted molar refractivity (Wildman–Crippen MR) is 86.9 cm³/mol. The molecule has 0 aromatic carbocycles. The highest BCUT2D eigenvalue weighted by molar-refractivity contribution is 5.77. The lowest BCUT2D eigenvalue weighted by Gasteiger charge is -2.26. The third-order valence-corrected chi connectivity index (χ3v) is 4.22. The summed E-state index contributed by atoms with van der Waals surface area (Å²) in [5, 5.41) is 3.10. The molecule has 128 valence electrons. The van der Waals surface area contributed by atoms with E-state index in [0.717, 1.165) is 39.0 Å². The first-order valence-electron chi connectivity index (χ1n) is 8.67. The number of nitrogens with one attached hydrogen (secondary N) is 1. The molecule has 1 saturated heterocycles. The zero-order chi connectivity index (χ0) is 15.7. The highest BCUT2D eigenvalue weighted by atomic mass is 16.7. The molecule has 0 bridgehead atoms. The molecule has 1 atom stereocenters. The van der Waals surface area contributed by atoms with Crippen molar-refractivity contribution >= 4 is 5.96 Å². The lowest BCUT2D eigenvalue weighted by Crippen LogP contribution is -2.34. The number of aliphatic imine (C=N–C) groups is 1. The summed E-state index contributed by atoms with van der Waals surface area (Å²) in [6.07, 6.45) is 7.94. The molecule has 22 heavy (non-hydrogen) atoms. The Kier molecular flexibility index (Phi) is 7.42. The second-order valence-corrected chi connectivity index (χ2v) is 6.08. The normalized spacial score (nSPS) is 25.3. The van der Waals surface area contributed by atoms with Gasteiger partial charge in [-0.1, -0.05) is 12.8 Å². The average Bonchev–Trinajstić information content (AvgIpc) is 2.77. The summed E-state index contributed by atoms with van der Waals surface area (Å²) in [6.45, 7) is 5.46. The summed E-state index contributed by atoms with van der Waals surface area (Å²) >= 11 is 0. The summed E-state index contributed by atoms with van der Waals surface area (Å²) in [6, 6.07) is 0. The first-order valence-corrected chi connectivity index (χ1v) is 8.67. The van der Waals surface area contributed by atoms with E-state index in [1.165, 1.54) is 25.7 Å². The Hall–Kier alpha value is -0.850. The van der Waals surface area contributed by atoms with Crippen LogP contribution in [0.25, 0.3) is 0 Å². The van der Waals surface area contributed by atoms with Crippen LogP contribution in [0.2, 0.25) is 0 Å². The van der Waals surface area contributed by atoms with Gasteiger partial charge < -0.3 is 25.3 Å². The van der Waals surface area contributed by atoms with Gasteiger partial charge in [-0.25, -0.2) is 0 Å². The van der Waals surface area contributed by atoms with E-state index < -0.39 is 0 Å². The molecule has 1 saturated carbocycles. The fourth-order valence-electron chi connectivity index (χ4n) is 3.03. The smallest absolute Gasteiger partial charge is 0.188 e. The van der Waals surface area contributed by atoms with Crippen LogP contribution in [0, 0.1) is 0 Å². The van der Waals surface area contributed by atoms with Crippen molar-refractivity contribution in [2.75, 3.05) is 32.9 Å². The zero-order valence-corrected chi connectivity index (χ0v) is 13.8. The Morgan fingerprint density at radius 3 is 2.82 bits per heavy atom. The Morgan fingerprint density at radius 1 is 1.32 bits per heavy atom. The van der Waals surface area contributed by atoms with Crippen LogP contribution in [-0.2, 0) is 14.2 Å². The maximum atomic E-state index is 6.15. The van der Waals surface area contributed by atoms with Crippen LogP contribution < -0.4 is 11.1 Å². The van der Waals surface area contributed by atoms with E-state index in [1.54, 1.807) is 0 Å². The van der Waals surface area contributed by atoms with Gasteiger partial charge in [0, 0.05) is 32.6 Å². The summed E-state index contributed by atoms with van der Waals surface area (Å²) in [5.41, 5.74) is 5.86. The number of nitrogens with two attached hydrogens (primary N) is 1. The largest absolute Gasteiger partial charge is 0.382 e. The van der Waals surface area contributed by atoms with Gasteiger partial charge >= 0.3 is 0 Å². The van der Waals surface area contributed by atoms with Crippen LogP contribution in [0.4, 0.5) is 0 Å². The standard InChI is InChI=1S/C16H31N3O3/c1-2-20-11-7-10-18-15(17)19-12-14-13-21-16(22-14)8-5-3-4-6-9-16/h14H,2-13H2,1H3,(H3,17,18,19). The van der Waals surface area contributed by atoms with Crippen molar-refractivity contribution in [3.05, 3.63) is 0 Å². The molecule has 0 radical (unpaired) electrons. The number of ether oxygens (including phenoxy) is 3. The molecule has 6 heteroatoms. The maximum Gasteiger partial charge on any atom is 0.188 e. The highest BCUT2D eigenvalue weighted by Crippen LogP contribution is 2.36. The van der Waals surface area contributed by atoms with Crippen LogP contribution in [0.5, 0.6) is 0 Å². The minimum atomic E-state index is -0.337. The van der Waals surface area contributed by atoms with Gasteiger partial charge in [0.25, 0.3) is 0 Å². The summed E-state index contributed by atoms with van der Waals surface area (Å²) < 4.78 is 17.4. The molecule has 1 unspecified atom stereocenters. The fraction of sp³-hybridized carbons (Fsp3) is 0.938. The van der Waals surface area contributed by atoms with Crippen molar-refractivity contribution in [3.8, 4) is 0 Å². The zero-order valence-electron chi connectivity index (χ0n) is 13.8. The van der Waals surface area contributed by atoms with Gasteiger partial charge in [0.15, 0.2) is 11.7 Å². The van der Waals surface area contributed by atoms with Gasteiger partial charge in [0.1, 0.15) is 6.10 Å². The third-order valence-electron chi connectivity index (χ3n) is 4.22. The molecule has 0 aromatic rings. The molecule has 2 fully saturated rings. The number of guanidine groups is 1. The lowest BCUT2D eigenvalue weighted by molar-refractivity contribution is -0.174. The molecule has 0 amide bonds. The van der Waals surface area contributed by atoms with Crippen LogP contribution in [0.1, 0.15) is 51.9 Å². The van der Waals surface area contributed by atoms with Gasteiger partial charge in [-0.15, -0.1) is 0 Å². The van der Waals surface area contributed by atoms with Crippen molar-refractivity contribution in [1.82, 2.24) is 5.32 Å². The van der Waals surface area contributed by atoms with Crippen LogP contribution in [0.15, 0.2) is 4.99 Å². The maximum absolute atomic E-state index is 6.15. The molecular formula is C16H31N3O3. The van der Waals surface area contributed by atoms with Crippen LogP contribution in [0.3, 0.4) is 0 Å². The quantitative estimate of drug-likeness (QED) is 0.425. The SMILES string of the molecule is CCOCCCNC(N)=NCC1COC2(CCCCCC2)O1. The number of hydrogen-bond acceptors (Lipinski definition) is 4. The molecule has 1 aliphatic carbocycles. The van der Waals surface area contributed by atoms with Crippen molar-refractivity contribution in [2.24, 2.45) is 10.7 Å². The van der Waals surface area contributed by atoms with E-state index in [0.29, 0.717) is 19.1 Å². The third kappa shape index (κ3) is 5.74. The predicted octanol–water partition coefficient (Wildman–Crippen LogP) is 1.78. The Bertz CT molecular complexity index is 342. The minimum Gasteiger partial charge on any atom is -0.382 e. The molecule has 3 N–H and O–H groups in total. The lowest BCUT2D eigenvalue weighted by atomic mass is 10.1. The molecule has 1 aliphatic heterocycles. The van der Waals surface area contributed by atoms with Crippen molar-refractivity contribution < 1.29 is 14.2 Å². The van der Waals surface area contributed by atoms with E-state index in [2.05, 4.69) is 10.3 Å². The minimum absolute atomic E-state index is 0.0295. The van der Waals surface area contributed by atoms with E-state index in [-0.39, 0.29) is 11.9 Å². The fourth-order valence-corrected chi connectivity index (χ4v) is 3.03. The molecular weight excluding hydrogens is 282 g/mol. The summed E-state index contributed by atoms with van der Waals surface area (Å²) in [5.74, 6) is 0.137. The number of rotatable bonds is 7.